The predicted molar refractivity (Wildman–Crippen MR) is 151 cm³/mol. The Labute approximate surface area is 212 Å². The van der Waals surface area contributed by atoms with Crippen LogP contribution in [0.25, 0.3) is 20.0 Å². The summed E-state index contributed by atoms with van der Waals surface area (Å²) in [5.41, 5.74) is 8.03. The summed E-state index contributed by atoms with van der Waals surface area (Å²) in [5, 5.41) is 0. The molecule has 0 aliphatic carbocycles. The van der Waals surface area contributed by atoms with Gasteiger partial charge in [0.15, 0.2) is 0 Å². The molecule has 0 bridgehead atoms. The molecule has 0 amide bonds. The molecule has 1 aliphatic heterocycles. The molecule has 0 saturated heterocycles. The van der Waals surface area contributed by atoms with Crippen LogP contribution in [0, 0.1) is 0 Å². The number of allylic oxidation sites excluding steroid dienone is 2. The van der Waals surface area contributed by atoms with Gasteiger partial charge in [0.05, 0.1) is 0 Å². The summed E-state index contributed by atoms with van der Waals surface area (Å²) < 4.78 is 4.53. The van der Waals surface area contributed by atoms with E-state index in [1.54, 1.807) is 0 Å². The molecule has 0 saturated carbocycles. The zero-order valence-electron chi connectivity index (χ0n) is 19.4. The van der Waals surface area contributed by atoms with E-state index in [0.29, 0.717) is 0 Å². The number of hydrogen-bond acceptors (Lipinski definition) is 0. The molecule has 1 heteroatoms. The Morgan fingerprint density at radius 2 is 0.571 bits per heavy atom. The Hall–Kier alpha value is -3.88. The van der Waals surface area contributed by atoms with Gasteiger partial charge in [-0.2, -0.15) is 0 Å². The number of benzene rings is 5. The van der Waals surface area contributed by atoms with E-state index in [0.717, 1.165) is 0 Å². The van der Waals surface area contributed by atoms with E-state index < -0.39 is 14.3 Å². The summed E-state index contributed by atoms with van der Waals surface area (Å²) in [7, 11) is 0. The van der Waals surface area contributed by atoms with E-state index in [2.05, 4.69) is 152 Å². The van der Waals surface area contributed by atoms with Crippen molar-refractivity contribution in [1.82, 2.24) is 0 Å². The Morgan fingerprint density at radius 3 is 0.914 bits per heavy atom. The van der Waals surface area contributed by atoms with Crippen molar-refractivity contribution >= 4 is 38.7 Å². The average Bonchev–Trinajstić information content (AvgIpc) is 3.32. The molecular formula is C34H25Ge. The molecule has 35 heavy (non-hydrogen) atoms. The van der Waals surface area contributed by atoms with Gasteiger partial charge < -0.3 is 0 Å². The average molecular weight is 506 g/mol. The van der Waals surface area contributed by atoms with Crippen LogP contribution >= 0.6 is 0 Å². The van der Waals surface area contributed by atoms with Gasteiger partial charge in [0, 0.05) is 0 Å². The summed E-state index contributed by atoms with van der Waals surface area (Å²) in [6, 6.07) is 55.3. The van der Waals surface area contributed by atoms with Gasteiger partial charge in [-0.3, -0.25) is 0 Å². The minimum absolute atomic E-state index is 1.29. The van der Waals surface area contributed by atoms with Gasteiger partial charge >= 0.3 is 213 Å². The van der Waals surface area contributed by atoms with Crippen LogP contribution in [-0.4, -0.2) is 14.3 Å². The first-order valence-corrected chi connectivity index (χ1v) is 15.2. The van der Waals surface area contributed by atoms with Crippen LogP contribution in [0.1, 0.15) is 22.3 Å². The zero-order chi connectivity index (χ0) is 23.5. The van der Waals surface area contributed by atoms with Crippen LogP contribution in [0.3, 0.4) is 0 Å². The summed E-state index contributed by atoms with van der Waals surface area (Å²) in [6.45, 7) is 0. The first-order chi connectivity index (χ1) is 17.4. The Morgan fingerprint density at radius 1 is 0.286 bits per heavy atom. The zero-order valence-corrected chi connectivity index (χ0v) is 21.5. The van der Waals surface area contributed by atoms with E-state index in [1.165, 1.54) is 46.6 Å². The molecule has 6 rings (SSSR count). The number of rotatable bonds is 5. The normalized spacial score (nSPS) is 13.9. The molecular weight excluding hydrogens is 481 g/mol. The van der Waals surface area contributed by atoms with Gasteiger partial charge in [-0.05, 0) is 0 Å². The fraction of sp³-hybridized carbons (Fsp3) is 0. The van der Waals surface area contributed by atoms with E-state index in [-0.39, 0.29) is 0 Å². The van der Waals surface area contributed by atoms with Crippen molar-refractivity contribution in [1.29, 1.82) is 0 Å². The molecule has 0 atom stereocenters. The van der Waals surface area contributed by atoms with Crippen molar-refractivity contribution in [2.45, 2.75) is 0 Å². The first-order valence-electron chi connectivity index (χ1n) is 12.1. The molecule has 1 aliphatic rings. The van der Waals surface area contributed by atoms with Gasteiger partial charge in [-0.25, -0.2) is 0 Å². The van der Waals surface area contributed by atoms with E-state index in [9.17, 15) is 0 Å². The second-order valence-corrected chi connectivity index (χ2v) is 13.6. The van der Waals surface area contributed by atoms with Crippen molar-refractivity contribution in [2.75, 3.05) is 0 Å². The molecule has 5 aromatic rings. The molecule has 0 nitrogen and oxygen atoms in total. The van der Waals surface area contributed by atoms with E-state index in [1.807, 2.05) is 0 Å². The van der Waals surface area contributed by atoms with Crippen molar-refractivity contribution in [2.24, 2.45) is 0 Å². The molecule has 0 fully saturated rings. The molecule has 1 heterocycles. The monoisotopic (exact) mass is 507 g/mol. The third-order valence-electron chi connectivity index (χ3n) is 6.56. The summed E-state index contributed by atoms with van der Waals surface area (Å²) in [4.78, 5) is 0. The van der Waals surface area contributed by atoms with Crippen LogP contribution in [0.4, 0.5) is 0 Å². The minimum atomic E-state index is -2.21. The molecule has 1 radical (unpaired) electrons. The van der Waals surface area contributed by atoms with Crippen molar-refractivity contribution < 1.29 is 0 Å². The second kappa shape index (κ2) is 9.78. The standard InChI is InChI=1S/C34H25Ge/c1-6-16-26(17-7-1)31-32(27-18-8-2-9-19-27)34(29-22-12-4-13-23-29)35(30-24-14-5-15-25-30)33(31)28-20-10-3-11-21-28/h1-25H. The Kier molecular flexibility index (Phi) is 6.04. The Balaban J connectivity index is 1.77. The van der Waals surface area contributed by atoms with Crippen LogP contribution in [0.2, 0.25) is 0 Å². The van der Waals surface area contributed by atoms with Gasteiger partial charge in [-0.15, -0.1) is 0 Å². The quantitative estimate of drug-likeness (QED) is 0.215. The predicted octanol–water partition coefficient (Wildman–Crippen LogP) is 7.70. The van der Waals surface area contributed by atoms with Gasteiger partial charge in [0.25, 0.3) is 0 Å². The topological polar surface area (TPSA) is 0 Å². The fourth-order valence-electron chi connectivity index (χ4n) is 5.09. The van der Waals surface area contributed by atoms with Gasteiger partial charge in [-0.1, -0.05) is 0 Å². The molecule has 0 N–H and O–H groups in total. The maximum absolute atomic E-state index is 2.34. The third-order valence-corrected chi connectivity index (χ3v) is 12.8. The van der Waals surface area contributed by atoms with Crippen LogP contribution in [-0.2, 0) is 0 Å². The van der Waals surface area contributed by atoms with Gasteiger partial charge in [0.2, 0.25) is 0 Å². The van der Waals surface area contributed by atoms with Crippen molar-refractivity contribution in [3.05, 3.63) is 174 Å². The van der Waals surface area contributed by atoms with E-state index >= 15 is 0 Å². The van der Waals surface area contributed by atoms with Crippen LogP contribution in [0.15, 0.2) is 152 Å². The molecule has 5 aromatic carbocycles. The first kappa shape index (κ1) is 21.6. The second-order valence-electron chi connectivity index (χ2n) is 8.71. The van der Waals surface area contributed by atoms with Crippen LogP contribution < -0.4 is 4.40 Å². The van der Waals surface area contributed by atoms with E-state index in [4.69, 9.17) is 0 Å². The van der Waals surface area contributed by atoms with Gasteiger partial charge in [0.1, 0.15) is 0 Å². The van der Waals surface area contributed by atoms with Crippen molar-refractivity contribution in [3.8, 4) is 0 Å². The summed E-state index contributed by atoms with van der Waals surface area (Å²) >= 11 is -2.21. The van der Waals surface area contributed by atoms with Crippen LogP contribution in [0.5, 0.6) is 0 Å². The third kappa shape index (κ3) is 4.11. The summed E-state index contributed by atoms with van der Waals surface area (Å²) in [5.74, 6) is 0. The Bertz CT molecular complexity index is 1390. The van der Waals surface area contributed by atoms with Crippen molar-refractivity contribution in [3.63, 3.8) is 0 Å². The maximum atomic E-state index is 2.34. The number of hydrogen-bond donors (Lipinski definition) is 0. The molecule has 0 aromatic heterocycles. The molecule has 0 spiro atoms. The summed E-state index contributed by atoms with van der Waals surface area (Å²) in [6.07, 6.45) is 0. The molecule has 165 valence electrons. The molecule has 0 unspecified atom stereocenters. The SMILES string of the molecule is c1ccc(C2=[C](c3ccccc3)[Ge]([c]3ccccc3)[C](c3ccccc3)=C2c2ccccc2)cc1. The fourth-order valence-corrected chi connectivity index (χ4v) is 12.0.